The molecule has 0 aromatic carbocycles. The highest BCUT2D eigenvalue weighted by atomic mass is 16.5. The third kappa shape index (κ3) is 3.86. The molecule has 2 aliphatic rings. The van der Waals surface area contributed by atoms with Gasteiger partial charge < -0.3 is 14.8 Å². The van der Waals surface area contributed by atoms with E-state index in [2.05, 4.69) is 20.2 Å². The molecule has 2 fully saturated rings. The summed E-state index contributed by atoms with van der Waals surface area (Å²) in [6.45, 7) is 3.24. The van der Waals surface area contributed by atoms with Gasteiger partial charge in [0.2, 0.25) is 0 Å². The van der Waals surface area contributed by atoms with Crippen LogP contribution in [0.3, 0.4) is 0 Å². The summed E-state index contributed by atoms with van der Waals surface area (Å²) in [4.78, 5) is 34.4. The molecule has 142 valence electrons. The summed E-state index contributed by atoms with van der Waals surface area (Å²) in [6, 6.07) is 0.0957. The van der Waals surface area contributed by atoms with Gasteiger partial charge in [-0.25, -0.2) is 4.98 Å². The van der Waals surface area contributed by atoms with Gasteiger partial charge in [-0.2, -0.15) is 0 Å². The van der Waals surface area contributed by atoms with E-state index in [9.17, 15) is 9.59 Å². The minimum atomic E-state index is -0.250. The number of nitrogens with zero attached hydrogens (tertiary/aromatic N) is 3. The Balaban J connectivity index is 1.66. The van der Waals surface area contributed by atoms with Gasteiger partial charge in [0.05, 0.1) is 24.9 Å². The van der Waals surface area contributed by atoms with Crippen molar-refractivity contribution in [2.75, 3.05) is 26.8 Å². The maximum absolute atomic E-state index is 12.4. The first-order valence-electron chi connectivity index (χ1n) is 9.09. The van der Waals surface area contributed by atoms with E-state index in [4.69, 9.17) is 9.47 Å². The molecule has 3 atom stereocenters. The van der Waals surface area contributed by atoms with Crippen LogP contribution >= 0.6 is 0 Å². The molecule has 1 saturated carbocycles. The van der Waals surface area contributed by atoms with E-state index >= 15 is 0 Å². The molecular formula is C18H26N4O4. The number of carbonyl (C=O) groups excluding carboxylic acids is 2. The second-order valence-electron chi connectivity index (χ2n) is 6.85. The van der Waals surface area contributed by atoms with Crippen LogP contribution in [0.25, 0.3) is 0 Å². The van der Waals surface area contributed by atoms with Crippen molar-refractivity contribution in [3.8, 4) is 0 Å². The van der Waals surface area contributed by atoms with Crippen LogP contribution in [0.1, 0.15) is 43.1 Å². The summed E-state index contributed by atoms with van der Waals surface area (Å²) in [5.41, 5.74) is 0.0613. The lowest BCUT2D eigenvalue weighted by Gasteiger charge is -2.43. The molecule has 8 nitrogen and oxygen atoms in total. The number of hydrogen-bond acceptors (Lipinski definition) is 7. The van der Waals surface area contributed by atoms with Gasteiger partial charge in [-0.3, -0.25) is 19.5 Å². The van der Waals surface area contributed by atoms with Crippen LogP contribution in [0.5, 0.6) is 0 Å². The van der Waals surface area contributed by atoms with E-state index in [-0.39, 0.29) is 36.1 Å². The molecule has 0 bridgehead atoms. The van der Waals surface area contributed by atoms with Crippen molar-refractivity contribution in [1.29, 1.82) is 0 Å². The van der Waals surface area contributed by atoms with Gasteiger partial charge in [-0.15, -0.1) is 0 Å². The standard InChI is InChI=1S/C18H26N4O4/c1-3-26-16(23)12-22-9-6-18(25-2)5-4-13(10-15(18)22)21-17(24)14-11-19-7-8-20-14/h7-8,11,13,15H,3-6,9-10,12H2,1-2H3,(H,21,24)/t13-,15+,18-/m1/s1. The highest BCUT2D eigenvalue weighted by Gasteiger charge is 2.51. The summed E-state index contributed by atoms with van der Waals surface area (Å²) in [5, 5.41) is 3.05. The number of amides is 1. The van der Waals surface area contributed by atoms with Gasteiger partial charge >= 0.3 is 5.97 Å². The number of rotatable bonds is 6. The first-order chi connectivity index (χ1) is 12.6. The number of esters is 1. The second-order valence-corrected chi connectivity index (χ2v) is 6.85. The monoisotopic (exact) mass is 362 g/mol. The van der Waals surface area contributed by atoms with E-state index in [0.717, 1.165) is 32.2 Å². The van der Waals surface area contributed by atoms with E-state index < -0.39 is 0 Å². The molecule has 0 unspecified atom stereocenters. The predicted molar refractivity (Wildman–Crippen MR) is 93.5 cm³/mol. The molecule has 8 heteroatoms. The van der Waals surface area contributed by atoms with Crippen LogP contribution < -0.4 is 5.32 Å². The van der Waals surface area contributed by atoms with Crippen molar-refractivity contribution >= 4 is 11.9 Å². The van der Waals surface area contributed by atoms with Crippen LogP contribution in [-0.2, 0) is 14.3 Å². The minimum absolute atomic E-state index is 0.0144. The summed E-state index contributed by atoms with van der Waals surface area (Å²) >= 11 is 0. The average molecular weight is 362 g/mol. The lowest BCUT2D eigenvalue weighted by Crippen LogP contribution is -2.55. The van der Waals surface area contributed by atoms with E-state index in [1.807, 2.05) is 0 Å². The van der Waals surface area contributed by atoms with E-state index in [1.165, 1.54) is 18.6 Å². The molecule has 1 aromatic rings. The predicted octanol–water partition coefficient (Wildman–Crippen LogP) is 0.782. The first-order valence-corrected chi connectivity index (χ1v) is 9.09. The van der Waals surface area contributed by atoms with Gasteiger partial charge in [0.25, 0.3) is 5.91 Å². The fraction of sp³-hybridized carbons (Fsp3) is 0.667. The summed E-state index contributed by atoms with van der Waals surface area (Å²) < 4.78 is 11.0. The molecule has 0 spiro atoms. The Labute approximate surface area is 153 Å². The third-order valence-corrected chi connectivity index (χ3v) is 5.47. The molecule has 1 aliphatic heterocycles. The van der Waals surface area contributed by atoms with E-state index in [1.54, 1.807) is 14.0 Å². The molecule has 1 amide bonds. The zero-order valence-electron chi connectivity index (χ0n) is 15.3. The Hall–Kier alpha value is -2.06. The third-order valence-electron chi connectivity index (χ3n) is 5.47. The van der Waals surface area contributed by atoms with Crippen molar-refractivity contribution in [2.24, 2.45) is 0 Å². The van der Waals surface area contributed by atoms with Gasteiger partial charge in [0.15, 0.2) is 0 Å². The first kappa shape index (κ1) is 18.7. The average Bonchev–Trinajstić information content (AvgIpc) is 3.01. The number of fused-ring (bicyclic) bond motifs is 1. The highest BCUT2D eigenvalue weighted by molar-refractivity contribution is 5.92. The molecule has 1 aromatic heterocycles. The number of aromatic nitrogens is 2. The Bertz CT molecular complexity index is 641. The quantitative estimate of drug-likeness (QED) is 0.748. The number of carbonyl (C=O) groups is 2. The number of likely N-dealkylation sites (tertiary alicyclic amines) is 1. The Morgan fingerprint density at radius 2 is 2.23 bits per heavy atom. The molecule has 1 aliphatic carbocycles. The smallest absolute Gasteiger partial charge is 0.320 e. The Morgan fingerprint density at radius 1 is 1.38 bits per heavy atom. The van der Waals surface area contributed by atoms with Gasteiger partial charge in [-0.1, -0.05) is 0 Å². The van der Waals surface area contributed by atoms with Crippen LogP contribution in [-0.4, -0.2) is 71.2 Å². The molecule has 0 radical (unpaired) electrons. The molecule has 1 saturated heterocycles. The van der Waals surface area contributed by atoms with Crippen molar-refractivity contribution < 1.29 is 19.1 Å². The largest absolute Gasteiger partial charge is 0.465 e. The SMILES string of the molecule is CCOC(=O)CN1CC[C@]2(OC)CC[C@@H](NC(=O)c3cnccn3)C[C@H]12. The summed E-state index contributed by atoms with van der Waals surface area (Å²) in [5.74, 6) is -0.437. The van der Waals surface area contributed by atoms with Crippen LogP contribution in [0, 0.1) is 0 Å². The maximum Gasteiger partial charge on any atom is 0.320 e. The normalized spacial score (nSPS) is 28.4. The summed E-state index contributed by atoms with van der Waals surface area (Å²) in [6.07, 6.45) is 7.81. The molecule has 2 heterocycles. The molecule has 26 heavy (non-hydrogen) atoms. The Morgan fingerprint density at radius 3 is 2.92 bits per heavy atom. The molecule has 1 N–H and O–H groups in total. The maximum atomic E-state index is 12.4. The van der Waals surface area contributed by atoms with Crippen molar-refractivity contribution in [1.82, 2.24) is 20.2 Å². The number of methoxy groups -OCH3 is 1. The molecule has 3 rings (SSSR count). The number of ether oxygens (including phenoxy) is 2. The zero-order valence-corrected chi connectivity index (χ0v) is 15.3. The lowest BCUT2D eigenvalue weighted by atomic mass is 9.78. The second kappa shape index (κ2) is 8.09. The fourth-order valence-corrected chi connectivity index (χ4v) is 4.16. The van der Waals surface area contributed by atoms with Crippen molar-refractivity contribution in [3.63, 3.8) is 0 Å². The van der Waals surface area contributed by atoms with Crippen LogP contribution in [0.4, 0.5) is 0 Å². The Kier molecular flexibility index (Phi) is 5.83. The number of hydrogen-bond donors (Lipinski definition) is 1. The van der Waals surface area contributed by atoms with Crippen molar-refractivity contribution in [3.05, 3.63) is 24.3 Å². The fourth-order valence-electron chi connectivity index (χ4n) is 4.16. The lowest BCUT2D eigenvalue weighted by molar-refractivity contribution is -0.146. The number of nitrogens with one attached hydrogen (secondary N) is 1. The van der Waals surface area contributed by atoms with Gasteiger partial charge in [-0.05, 0) is 32.6 Å². The van der Waals surface area contributed by atoms with E-state index in [0.29, 0.717) is 12.3 Å². The van der Waals surface area contributed by atoms with Crippen molar-refractivity contribution in [2.45, 2.75) is 50.3 Å². The van der Waals surface area contributed by atoms with Crippen LogP contribution in [0.15, 0.2) is 18.6 Å². The van der Waals surface area contributed by atoms with Gasteiger partial charge in [0.1, 0.15) is 5.69 Å². The van der Waals surface area contributed by atoms with Gasteiger partial charge in [0, 0.05) is 38.1 Å². The minimum Gasteiger partial charge on any atom is -0.465 e. The topological polar surface area (TPSA) is 93.7 Å². The highest BCUT2D eigenvalue weighted by Crippen LogP contribution is 2.42. The van der Waals surface area contributed by atoms with Crippen LogP contribution in [0.2, 0.25) is 0 Å². The molecular weight excluding hydrogens is 336 g/mol. The zero-order chi connectivity index (χ0) is 18.6. The summed E-state index contributed by atoms with van der Waals surface area (Å²) in [7, 11) is 1.74.